The van der Waals surface area contributed by atoms with Gasteiger partial charge in [-0.3, -0.25) is 9.59 Å². The molecule has 1 heterocycles. The minimum absolute atomic E-state index is 0.112. The normalized spacial score (nSPS) is 20.7. The van der Waals surface area contributed by atoms with Crippen LogP contribution in [0.4, 0.5) is 9.18 Å². The van der Waals surface area contributed by atoms with Crippen molar-refractivity contribution in [3.63, 3.8) is 0 Å². The summed E-state index contributed by atoms with van der Waals surface area (Å²) in [6, 6.07) is 4.56. The maximum Gasteiger partial charge on any atom is 0.410 e. The third kappa shape index (κ3) is 4.50. The summed E-state index contributed by atoms with van der Waals surface area (Å²) in [6.45, 7) is 7.27. The van der Waals surface area contributed by atoms with E-state index in [2.05, 4.69) is 0 Å². The van der Waals surface area contributed by atoms with Gasteiger partial charge < -0.3 is 20.3 Å². The van der Waals surface area contributed by atoms with E-state index >= 15 is 0 Å². The highest BCUT2D eigenvalue weighted by atomic mass is 19.1. The summed E-state index contributed by atoms with van der Waals surface area (Å²) in [5, 5.41) is 0. The number of hydrogen-bond donors (Lipinski definition) is 1. The van der Waals surface area contributed by atoms with Crippen molar-refractivity contribution in [2.24, 2.45) is 5.73 Å². The van der Waals surface area contributed by atoms with E-state index < -0.39 is 35.4 Å². The highest BCUT2D eigenvalue weighted by Gasteiger charge is 2.40. The third-order valence-electron chi connectivity index (χ3n) is 4.09. The number of ether oxygens (including phenoxy) is 1. The molecule has 0 spiro atoms. The number of nitrogens with zero attached hydrogens (tertiary/aromatic N) is 2. The van der Waals surface area contributed by atoms with E-state index in [1.54, 1.807) is 27.7 Å². The zero-order chi connectivity index (χ0) is 19.6. The first-order chi connectivity index (χ1) is 12.0. The van der Waals surface area contributed by atoms with E-state index in [0.29, 0.717) is 5.56 Å². The van der Waals surface area contributed by atoms with Crippen molar-refractivity contribution in [1.82, 2.24) is 9.80 Å². The van der Waals surface area contributed by atoms with Crippen LogP contribution in [0.15, 0.2) is 24.3 Å². The Labute approximate surface area is 151 Å². The Hall–Kier alpha value is -2.64. The highest BCUT2D eigenvalue weighted by Crippen LogP contribution is 2.29. The number of halogens is 1. The van der Waals surface area contributed by atoms with Gasteiger partial charge in [0.05, 0.1) is 6.04 Å². The summed E-state index contributed by atoms with van der Waals surface area (Å²) < 4.78 is 18.7. The van der Waals surface area contributed by atoms with E-state index in [1.807, 2.05) is 0 Å². The molecule has 3 amide bonds. The van der Waals surface area contributed by atoms with Crippen LogP contribution >= 0.6 is 0 Å². The smallest absolute Gasteiger partial charge is 0.410 e. The maximum absolute atomic E-state index is 13.3. The molecule has 0 saturated carbocycles. The van der Waals surface area contributed by atoms with Gasteiger partial charge in [0.25, 0.3) is 0 Å². The van der Waals surface area contributed by atoms with Crippen LogP contribution in [-0.4, -0.2) is 52.4 Å². The predicted octanol–water partition coefficient (Wildman–Crippen LogP) is 1.82. The van der Waals surface area contributed by atoms with E-state index in [9.17, 15) is 18.8 Å². The summed E-state index contributed by atoms with van der Waals surface area (Å²) in [5.41, 5.74) is 5.09. The van der Waals surface area contributed by atoms with Crippen LogP contribution in [0.3, 0.4) is 0 Å². The van der Waals surface area contributed by atoms with Crippen LogP contribution in [-0.2, 0) is 14.3 Å². The predicted molar refractivity (Wildman–Crippen MR) is 92.5 cm³/mol. The molecule has 2 rings (SSSR count). The number of benzene rings is 1. The Morgan fingerprint density at radius 3 is 2.19 bits per heavy atom. The van der Waals surface area contributed by atoms with Gasteiger partial charge in [-0.2, -0.15) is 0 Å². The van der Waals surface area contributed by atoms with E-state index in [-0.39, 0.29) is 19.1 Å². The second kappa shape index (κ2) is 7.31. The van der Waals surface area contributed by atoms with Crippen molar-refractivity contribution in [3.8, 4) is 0 Å². The minimum Gasteiger partial charge on any atom is -0.444 e. The van der Waals surface area contributed by atoms with Gasteiger partial charge in [0.1, 0.15) is 11.4 Å². The molecule has 26 heavy (non-hydrogen) atoms. The summed E-state index contributed by atoms with van der Waals surface area (Å²) in [6.07, 6.45) is -0.511. The zero-order valence-corrected chi connectivity index (χ0v) is 15.4. The SMILES string of the molecule is C[C@@H]1CN(C(=O)C(N)=O)[C@@H](c2ccc(F)cc2)CN1C(=O)OC(C)(C)C. The summed E-state index contributed by atoms with van der Waals surface area (Å²) >= 11 is 0. The molecule has 2 atom stereocenters. The Balaban J connectivity index is 2.33. The summed E-state index contributed by atoms with van der Waals surface area (Å²) in [4.78, 5) is 39.0. The molecule has 0 radical (unpaired) electrons. The maximum atomic E-state index is 13.3. The molecule has 1 aromatic rings. The lowest BCUT2D eigenvalue weighted by Crippen LogP contribution is -2.59. The molecular formula is C18H24FN3O4. The van der Waals surface area contributed by atoms with Gasteiger partial charge in [-0.15, -0.1) is 0 Å². The molecule has 0 unspecified atom stereocenters. The minimum atomic E-state index is -1.07. The van der Waals surface area contributed by atoms with Gasteiger partial charge >= 0.3 is 17.9 Å². The second-order valence-corrected chi connectivity index (χ2v) is 7.37. The van der Waals surface area contributed by atoms with E-state index in [1.165, 1.54) is 34.1 Å². The lowest BCUT2D eigenvalue weighted by atomic mass is 9.99. The highest BCUT2D eigenvalue weighted by molar-refractivity contribution is 6.34. The Bertz CT molecular complexity index is 699. The van der Waals surface area contributed by atoms with Gasteiger partial charge in [-0.1, -0.05) is 12.1 Å². The van der Waals surface area contributed by atoms with Crippen LogP contribution in [0.2, 0.25) is 0 Å². The molecule has 1 saturated heterocycles. The number of piperazine rings is 1. The number of rotatable bonds is 1. The fourth-order valence-electron chi connectivity index (χ4n) is 2.89. The number of nitrogens with two attached hydrogens (primary N) is 1. The Morgan fingerprint density at radius 1 is 1.12 bits per heavy atom. The van der Waals surface area contributed by atoms with E-state index in [0.717, 1.165) is 0 Å². The van der Waals surface area contributed by atoms with Crippen LogP contribution in [0, 0.1) is 5.82 Å². The lowest BCUT2D eigenvalue weighted by Gasteiger charge is -2.45. The fraction of sp³-hybridized carbons (Fsp3) is 0.500. The molecule has 142 valence electrons. The van der Waals surface area contributed by atoms with Crippen LogP contribution in [0.5, 0.6) is 0 Å². The summed E-state index contributed by atoms with van der Waals surface area (Å²) in [7, 11) is 0. The summed E-state index contributed by atoms with van der Waals surface area (Å²) in [5.74, 6) is -2.33. The first-order valence-electron chi connectivity index (χ1n) is 8.35. The second-order valence-electron chi connectivity index (χ2n) is 7.37. The van der Waals surface area contributed by atoms with Gasteiger partial charge in [-0.05, 0) is 45.4 Å². The molecule has 1 aromatic carbocycles. The molecule has 1 aliphatic heterocycles. The van der Waals surface area contributed by atoms with Gasteiger partial charge in [0.2, 0.25) is 0 Å². The van der Waals surface area contributed by atoms with Gasteiger partial charge in [0, 0.05) is 19.1 Å². The van der Waals surface area contributed by atoms with Crippen molar-refractivity contribution in [3.05, 3.63) is 35.6 Å². The first kappa shape index (κ1) is 19.7. The van der Waals surface area contributed by atoms with Crippen molar-refractivity contribution >= 4 is 17.9 Å². The number of amides is 3. The molecular weight excluding hydrogens is 341 g/mol. The third-order valence-corrected chi connectivity index (χ3v) is 4.09. The molecule has 0 aliphatic carbocycles. The van der Waals surface area contributed by atoms with Crippen LogP contribution in [0.25, 0.3) is 0 Å². The van der Waals surface area contributed by atoms with Crippen molar-refractivity contribution in [2.45, 2.75) is 45.4 Å². The molecule has 1 fully saturated rings. The number of primary amides is 1. The quantitative estimate of drug-likeness (QED) is 0.768. The van der Waals surface area contributed by atoms with Crippen molar-refractivity contribution in [2.75, 3.05) is 13.1 Å². The largest absolute Gasteiger partial charge is 0.444 e. The van der Waals surface area contributed by atoms with Crippen molar-refractivity contribution < 1.29 is 23.5 Å². The molecule has 2 N–H and O–H groups in total. The topological polar surface area (TPSA) is 92.9 Å². The number of hydrogen-bond acceptors (Lipinski definition) is 4. The fourth-order valence-corrected chi connectivity index (χ4v) is 2.89. The molecule has 0 bridgehead atoms. The first-order valence-corrected chi connectivity index (χ1v) is 8.35. The monoisotopic (exact) mass is 365 g/mol. The standard InChI is InChI=1S/C18H24FN3O4/c1-11-9-22(16(24)15(20)23)14(12-5-7-13(19)8-6-12)10-21(11)17(25)26-18(2,3)4/h5-8,11,14H,9-10H2,1-4H3,(H2,20,23)/t11-,14-/m1/s1. The van der Waals surface area contributed by atoms with Crippen LogP contribution in [0.1, 0.15) is 39.3 Å². The lowest BCUT2D eigenvalue weighted by molar-refractivity contribution is -0.148. The van der Waals surface area contributed by atoms with E-state index in [4.69, 9.17) is 10.5 Å². The Morgan fingerprint density at radius 2 is 1.69 bits per heavy atom. The van der Waals surface area contributed by atoms with Crippen LogP contribution < -0.4 is 5.73 Å². The average Bonchev–Trinajstić information content (AvgIpc) is 2.53. The number of carbonyl (C=O) groups is 3. The molecule has 8 heteroatoms. The molecule has 1 aliphatic rings. The number of carbonyl (C=O) groups excluding carboxylic acids is 3. The van der Waals surface area contributed by atoms with Crippen molar-refractivity contribution in [1.29, 1.82) is 0 Å². The molecule has 0 aromatic heterocycles. The molecule has 7 nitrogen and oxygen atoms in total. The van der Waals surface area contributed by atoms with Gasteiger partial charge in [-0.25, -0.2) is 9.18 Å². The van der Waals surface area contributed by atoms with Gasteiger partial charge in [0.15, 0.2) is 0 Å². The zero-order valence-electron chi connectivity index (χ0n) is 15.4. The Kier molecular flexibility index (Phi) is 5.53. The average molecular weight is 365 g/mol.